The third-order valence-corrected chi connectivity index (χ3v) is 8.79. The Morgan fingerprint density at radius 3 is 2.53 bits per heavy atom. The Labute approximate surface area is 224 Å². The molecular weight excluding hydrogens is 502 g/mol. The fraction of sp³-hybridized carbons (Fsp3) is 0.556. The number of sulfone groups is 1. The van der Waals surface area contributed by atoms with E-state index in [1.54, 1.807) is 13.3 Å². The molecule has 3 aromatic rings. The van der Waals surface area contributed by atoms with Gasteiger partial charge in [0.1, 0.15) is 27.3 Å². The van der Waals surface area contributed by atoms with Gasteiger partial charge >= 0.3 is 0 Å². The van der Waals surface area contributed by atoms with E-state index in [0.29, 0.717) is 30.2 Å². The van der Waals surface area contributed by atoms with Crippen LogP contribution in [0.15, 0.2) is 30.7 Å². The molecule has 2 saturated heterocycles. The Bertz CT molecular complexity index is 1410. The van der Waals surface area contributed by atoms with Crippen LogP contribution in [0, 0.1) is 5.92 Å². The van der Waals surface area contributed by atoms with Gasteiger partial charge in [-0.25, -0.2) is 23.4 Å². The Morgan fingerprint density at radius 2 is 1.87 bits per heavy atom. The number of anilines is 4. The van der Waals surface area contributed by atoms with Gasteiger partial charge in [0.25, 0.3) is 0 Å². The quantitative estimate of drug-likeness (QED) is 0.454. The summed E-state index contributed by atoms with van der Waals surface area (Å²) in [4.78, 5) is 23.1. The first-order valence-electron chi connectivity index (χ1n) is 13.2. The zero-order chi connectivity index (χ0) is 27.0. The number of pyridine rings is 2. The summed E-state index contributed by atoms with van der Waals surface area (Å²) in [5.74, 6) is 3.53. The summed E-state index contributed by atoms with van der Waals surface area (Å²) in [6, 6.07) is 4.00. The molecule has 5 rings (SSSR count). The van der Waals surface area contributed by atoms with Crippen LogP contribution in [0.4, 0.5) is 23.4 Å². The van der Waals surface area contributed by atoms with Crippen LogP contribution in [0.3, 0.4) is 0 Å². The number of hydrogen-bond acceptors (Lipinski definition) is 10. The average Bonchev–Trinajstić information content (AvgIpc) is 2.89. The van der Waals surface area contributed by atoms with Crippen LogP contribution >= 0.6 is 0 Å². The Morgan fingerprint density at radius 1 is 1.11 bits per heavy atom. The molecule has 204 valence electrons. The van der Waals surface area contributed by atoms with Gasteiger partial charge in [-0.15, -0.1) is 0 Å². The molecule has 11 heteroatoms. The van der Waals surface area contributed by atoms with E-state index >= 15 is 0 Å². The van der Waals surface area contributed by atoms with Gasteiger partial charge in [0.15, 0.2) is 0 Å². The molecule has 0 radical (unpaired) electrons. The van der Waals surface area contributed by atoms with Gasteiger partial charge in [-0.1, -0.05) is 13.8 Å². The molecule has 10 nitrogen and oxygen atoms in total. The maximum atomic E-state index is 11.8. The van der Waals surface area contributed by atoms with Crippen molar-refractivity contribution in [3.05, 3.63) is 36.3 Å². The van der Waals surface area contributed by atoms with Crippen LogP contribution in [0.1, 0.15) is 45.1 Å². The minimum absolute atomic E-state index is 0.0940. The summed E-state index contributed by atoms with van der Waals surface area (Å²) in [5.41, 5.74) is 1.14. The molecule has 0 aromatic carbocycles. The summed E-state index contributed by atoms with van der Waals surface area (Å²) < 4.78 is 29.1. The molecule has 0 unspecified atom stereocenters. The second-order valence-electron chi connectivity index (χ2n) is 10.8. The minimum Gasteiger partial charge on any atom is -0.381 e. The predicted molar refractivity (Wildman–Crippen MR) is 151 cm³/mol. The van der Waals surface area contributed by atoms with Gasteiger partial charge < -0.3 is 19.9 Å². The summed E-state index contributed by atoms with van der Waals surface area (Å²) in [7, 11) is -1.25. The fourth-order valence-electron chi connectivity index (χ4n) is 5.44. The van der Waals surface area contributed by atoms with E-state index < -0.39 is 9.84 Å². The molecule has 0 spiro atoms. The molecule has 0 bridgehead atoms. The van der Waals surface area contributed by atoms with Gasteiger partial charge in [-0.3, -0.25) is 0 Å². The van der Waals surface area contributed by atoms with E-state index in [9.17, 15) is 8.42 Å². The fourth-order valence-corrected chi connectivity index (χ4v) is 6.60. The summed E-state index contributed by atoms with van der Waals surface area (Å²) in [6.07, 6.45) is 9.10. The number of ether oxygens (including phenoxy) is 1. The molecule has 2 aliphatic rings. The van der Waals surface area contributed by atoms with E-state index in [2.05, 4.69) is 46.9 Å². The second-order valence-corrected chi connectivity index (χ2v) is 13.0. The first-order chi connectivity index (χ1) is 18.1. The number of fused-ring (bicyclic) bond motifs is 1. The lowest BCUT2D eigenvalue weighted by atomic mass is 9.90. The molecule has 1 N–H and O–H groups in total. The molecule has 0 aliphatic carbocycles. The van der Waals surface area contributed by atoms with Crippen molar-refractivity contribution >= 4 is 44.0 Å². The molecule has 38 heavy (non-hydrogen) atoms. The van der Waals surface area contributed by atoms with Crippen molar-refractivity contribution in [2.45, 2.75) is 51.7 Å². The van der Waals surface area contributed by atoms with Crippen molar-refractivity contribution in [2.24, 2.45) is 5.92 Å². The Kier molecular flexibility index (Phi) is 7.41. The number of rotatable bonds is 8. The van der Waals surface area contributed by atoms with E-state index in [4.69, 9.17) is 19.7 Å². The number of methoxy groups -OCH3 is 1. The molecule has 2 aliphatic heterocycles. The van der Waals surface area contributed by atoms with Gasteiger partial charge in [-0.05, 0) is 48.8 Å². The van der Waals surface area contributed by atoms with Gasteiger partial charge in [0.05, 0.1) is 11.9 Å². The molecule has 3 aromatic heterocycles. The highest BCUT2D eigenvalue weighted by Crippen LogP contribution is 2.38. The summed E-state index contributed by atoms with van der Waals surface area (Å²) in [6.45, 7) is 8.77. The topological polar surface area (TPSA) is 113 Å². The molecule has 0 saturated carbocycles. The molecular formula is C27H37N7O3S. The summed E-state index contributed by atoms with van der Waals surface area (Å²) >= 11 is 0. The van der Waals surface area contributed by atoms with Crippen molar-refractivity contribution in [3.63, 3.8) is 0 Å². The molecule has 2 atom stereocenters. The lowest BCUT2D eigenvalue weighted by Gasteiger charge is -2.47. The maximum absolute atomic E-state index is 11.8. The Balaban J connectivity index is 1.39. The zero-order valence-electron chi connectivity index (χ0n) is 22.8. The highest BCUT2D eigenvalue weighted by Gasteiger charge is 2.39. The van der Waals surface area contributed by atoms with Crippen molar-refractivity contribution in [2.75, 3.05) is 53.9 Å². The SMILES string of the molecule is COC1CCN(c2nccc(Nc3cc4c(C(C)C)cnc(N5C[C@H](CS(C)(=O)=O)[C@H]5C)c4cn3)n2)CC1. The zero-order valence-corrected chi connectivity index (χ0v) is 23.6. The first-order valence-corrected chi connectivity index (χ1v) is 15.3. The lowest BCUT2D eigenvalue weighted by Crippen LogP contribution is -2.57. The third-order valence-electron chi connectivity index (χ3n) is 7.75. The molecule has 0 amide bonds. The van der Waals surface area contributed by atoms with Crippen LogP contribution in [0.5, 0.6) is 0 Å². The minimum atomic E-state index is -3.02. The third kappa shape index (κ3) is 5.54. The summed E-state index contributed by atoms with van der Waals surface area (Å²) in [5, 5.41) is 5.41. The highest BCUT2D eigenvalue weighted by molar-refractivity contribution is 7.90. The predicted octanol–water partition coefficient (Wildman–Crippen LogP) is 3.77. The van der Waals surface area contributed by atoms with Crippen LogP contribution in [-0.4, -0.2) is 79.3 Å². The second kappa shape index (κ2) is 10.6. The lowest BCUT2D eigenvalue weighted by molar-refractivity contribution is 0.0816. The van der Waals surface area contributed by atoms with Crippen molar-refractivity contribution in [1.82, 2.24) is 19.9 Å². The number of nitrogens with zero attached hydrogens (tertiary/aromatic N) is 6. The first kappa shape index (κ1) is 26.6. The van der Waals surface area contributed by atoms with Crippen molar-refractivity contribution in [3.8, 4) is 0 Å². The van der Waals surface area contributed by atoms with Crippen molar-refractivity contribution in [1.29, 1.82) is 0 Å². The molecule has 5 heterocycles. The average molecular weight is 540 g/mol. The van der Waals surface area contributed by atoms with Gasteiger partial charge in [0, 0.05) is 68.9 Å². The van der Waals surface area contributed by atoms with E-state index in [0.717, 1.165) is 48.1 Å². The normalized spacial score (nSPS) is 20.7. The van der Waals surface area contributed by atoms with E-state index in [-0.39, 0.29) is 23.6 Å². The van der Waals surface area contributed by atoms with E-state index in [1.165, 1.54) is 6.26 Å². The standard InChI is InChI=1S/C27H37N7O3S/c1-17(2)22-13-30-26(34-15-19(18(34)3)16-38(5,35)36)23-14-29-25(12-21(22)23)31-24-6-9-28-27(32-24)33-10-7-20(37-4)8-11-33/h6,9,12-14,17-20H,7-8,10-11,15-16H2,1-5H3,(H,28,29,31,32)/t18-,19-/m1/s1. The largest absolute Gasteiger partial charge is 0.381 e. The highest BCUT2D eigenvalue weighted by atomic mass is 32.2. The number of nitrogens with one attached hydrogen (secondary N) is 1. The van der Waals surface area contributed by atoms with Crippen LogP contribution in [0.25, 0.3) is 10.8 Å². The van der Waals surface area contributed by atoms with Crippen LogP contribution < -0.4 is 15.1 Å². The smallest absolute Gasteiger partial charge is 0.227 e. The number of aromatic nitrogens is 4. The maximum Gasteiger partial charge on any atom is 0.227 e. The Hall–Kier alpha value is -3.05. The van der Waals surface area contributed by atoms with Crippen molar-refractivity contribution < 1.29 is 13.2 Å². The van der Waals surface area contributed by atoms with Crippen LogP contribution in [-0.2, 0) is 14.6 Å². The van der Waals surface area contributed by atoms with Gasteiger partial charge in [0.2, 0.25) is 5.95 Å². The number of hydrogen-bond donors (Lipinski definition) is 1. The monoisotopic (exact) mass is 539 g/mol. The van der Waals surface area contributed by atoms with E-state index in [1.807, 2.05) is 18.5 Å². The van der Waals surface area contributed by atoms with Gasteiger partial charge in [-0.2, -0.15) is 4.98 Å². The number of piperidine rings is 1. The van der Waals surface area contributed by atoms with Crippen LogP contribution in [0.2, 0.25) is 0 Å². The molecule has 2 fully saturated rings.